The van der Waals surface area contributed by atoms with Crippen molar-refractivity contribution in [1.29, 1.82) is 0 Å². The summed E-state index contributed by atoms with van der Waals surface area (Å²) in [5.74, 6) is -0.593. The lowest BCUT2D eigenvalue weighted by Gasteiger charge is -2.37. The highest BCUT2D eigenvalue weighted by molar-refractivity contribution is 6.30. The molecular weight excluding hydrogens is 390 g/mol. The number of allylic oxidation sites excluding steroid dienone is 2. The third kappa shape index (κ3) is 2.96. The molecule has 5 rings (SSSR count). The van der Waals surface area contributed by atoms with Gasteiger partial charge in [0.25, 0.3) is 0 Å². The zero-order chi connectivity index (χ0) is 20.3. The lowest BCUT2D eigenvalue weighted by atomic mass is 9.85. The molecule has 0 aromatic heterocycles. The molecule has 2 heterocycles. The summed E-state index contributed by atoms with van der Waals surface area (Å²) in [5, 5.41) is 0.698. The molecule has 0 radical (unpaired) electrons. The summed E-state index contributed by atoms with van der Waals surface area (Å²) in [4.78, 5) is 43.6. The van der Waals surface area contributed by atoms with E-state index in [1.165, 1.54) is 4.90 Å². The summed E-state index contributed by atoms with van der Waals surface area (Å²) < 4.78 is 0. The second-order valence-corrected chi connectivity index (χ2v) is 9.00. The maximum Gasteiger partial charge on any atom is 0.242 e. The minimum Gasteiger partial charge on any atom is -0.368 e. The fraction of sp³-hybridized carbons (Fsp3) is 0.500. The Morgan fingerprint density at radius 3 is 2.28 bits per heavy atom. The number of fused-ring (bicyclic) bond motifs is 5. The molecule has 6 nitrogen and oxygen atoms in total. The Hall–Kier alpha value is -2.34. The molecule has 0 unspecified atom stereocenters. The predicted molar refractivity (Wildman–Crippen MR) is 109 cm³/mol. The Labute approximate surface area is 175 Å². The first-order valence-corrected chi connectivity index (χ1v) is 10.6. The van der Waals surface area contributed by atoms with Gasteiger partial charge in [0, 0.05) is 36.9 Å². The van der Waals surface area contributed by atoms with E-state index in [0.717, 1.165) is 17.7 Å². The minimum absolute atomic E-state index is 0.125. The molecule has 1 aromatic rings. The van der Waals surface area contributed by atoms with Gasteiger partial charge in [0.2, 0.25) is 17.7 Å². The van der Waals surface area contributed by atoms with Crippen LogP contribution in [0.25, 0.3) is 0 Å². The molecule has 2 saturated heterocycles. The van der Waals surface area contributed by atoms with E-state index in [9.17, 15) is 14.4 Å². The van der Waals surface area contributed by atoms with Gasteiger partial charge in [0.1, 0.15) is 6.54 Å². The van der Waals surface area contributed by atoms with Crippen molar-refractivity contribution < 1.29 is 14.4 Å². The Morgan fingerprint density at radius 2 is 1.66 bits per heavy atom. The molecule has 4 aliphatic rings. The number of anilines is 1. The highest BCUT2D eigenvalue weighted by atomic mass is 35.5. The van der Waals surface area contributed by atoms with Crippen LogP contribution in [0.15, 0.2) is 30.4 Å². The van der Waals surface area contributed by atoms with Crippen LogP contribution in [-0.2, 0) is 14.4 Å². The molecule has 2 bridgehead atoms. The highest BCUT2D eigenvalue weighted by Crippen LogP contribution is 2.52. The number of aryl methyl sites for hydroxylation is 1. The van der Waals surface area contributed by atoms with Gasteiger partial charge in [-0.05, 0) is 42.9 Å². The number of hydrogen-bond acceptors (Lipinski definition) is 4. The van der Waals surface area contributed by atoms with Crippen molar-refractivity contribution in [1.82, 2.24) is 9.80 Å². The molecule has 3 fully saturated rings. The van der Waals surface area contributed by atoms with Gasteiger partial charge in [-0.15, -0.1) is 0 Å². The average Bonchev–Trinajstić information content (AvgIpc) is 3.40. The van der Waals surface area contributed by atoms with Gasteiger partial charge in [0.15, 0.2) is 0 Å². The fourth-order valence-electron chi connectivity index (χ4n) is 5.48. The van der Waals surface area contributed by atoms with Crippen molar-refractivity contribution in [2.45, 2.75) is 13.3 Å². The summed E-state index contributed by atoms with van der Waals surface area (Å²) in [6, 6.07) is 5.83. The second kappa shape index (κ2) is 6.87. The third-order valence-electron chi connectivity index (χ3n) is 7.00. The largest absolute Gasteiger partial charge is 0.368 e. The van der Waals surface area contributed by atoms with E-state index in [1.807, 2.05) is 25.1 Å². The SMILES string of the molecule is Cc1ccc(Cl)cc1N1CCN(C(=O)CN2C(=O)[C@@H]3[C@@H](C2=O)[C@H]2C=C[C@H]3C2)CC1. The first-order chi connectivity index (χ1) is 13.9. The summed E-state index contributed by atoms with van der Waals surface area (Å²) in [6.45, 7) is 4.47. The van der Waals surface area contributed by atoms with Gasteiger partial charge < -0.3 is 9.80 Å². The minimum atomic E-state index is -0.243. The molecule has 0 spiro atoms. The maximum absolute atomic E-state index is 12.8. The van der Waals surface area contributed by atoms with Crippen LogP contribution in [0.1, 0.15) is 12.0 Å². The normalized spacial score (nSPS) is 30.5. The number of piperazine rings is 1. The topological polar surface area (TPSA) is 60.9 Å². The average molecular weight is 414 g/mol. The smallest absolute Gasteiger partial charge is 0.242 e. The molecule has 2 aliphatic carbocycles. The van der Waals surface area contributed by atoms with Gasteiger partial charge >= 0.3 is 0 Å². The van der Waals surface area contributed by atoms with Crippen LogP contribution < -0.4 is 4.90 Å². The van der Waals surface area contributed by atoms with Gasteiger partial charge in [-0.2, -0.15) is 0 Å². The van der Waals surface area contributed by atoms with Gasteiger partial charge in [-0.1, -0.05) is 29.8 Å². The second-order valence-electron chi connectivity index (χ2n) is 8.56. The van der Waals surface area contributed by atoms with Gasteiger partial charge in [-0.3, -0.25) is 19.3 Å². The molecule has 1 aromatic carbocycles. The number of halogens is 1. The van der Waals surface area contributed by atoms with Crippen molar-refractivity contribution in [3.05, 3.63) is 40.9 Å². The van der Waals surface area contributed by atoms with Crippen LogP contribution in [0.4, 0.5) is 5.69 Å². The van der Waals surface area contributed by atoms with E-state index in [0.29, 0.717) is 31.2 Å². The van der Waals surface area contributed by atoms with Crippen molar-refractivity contribution >= 4 is 35.0 Å². The molecule has 29 heavy (non-hydrogen) atoms. The van der Waals surface area contributed by atoms with Gasteiger partial charge in [-0.25, -0.2) is 0 Å². The number of amides is 3. The van der Waals surface area contributed by atoms with Crippen LogP contribution in [0.3, 0.4) is 0 Å². The van der Waals surface area contributed by atoms with Gasteiger partial charge in [0.05, 0.1) is 11.8 Å². The van der Waals surface area contributed by atoms with E-state index < -0.39 is 0 Å². The Morgan fingerprint density at radius 1 is 1.03 bits per heavy atom. The number of nitrogens with zero attached hydrogens (tertiary/aromatic N) is 3. The number of likely N-dealkylation sites (tertiary alicyclic amines) is 1. The number of carbonyl (C=O) groups excluding carboxylic acids is 3. The predicted octanol–water partition coefficient (Wildman–Crippen LogP) is 2.10. The first-order valence-electron chi connectivity index (χ1n) is 10.3. The lowest BCUT2D eigenvalue weighted by Crippen LogP contribution is -2.52. The van der Waals surface area contributed by atoms with Crippen molar-refractivity contribution in [3.8, 4) is 0 Å². The summed E-state index contributed by atoms with van der Waals surface area (Å²) in [7, 11) is 0. The fourth-order valence-corrected chi connectivity index (χ4v) is 5.64. The monoisotopic (exact) mass is 413 g/mol. The van der Waals surface area contributed by atoms with Crippen LogP contribution in [0.5, 0.6) is 0 Å². The number of hydrogen-bond donors (Lipinski definition) is 0. The molecular formula is C22H24ClN3O3. The number of imide groups is 1. The van der Waals surface area contributed by atoms with Crippen LogP contribution in [-0.4, -0.2) is 60.2 Å². The number of rotatable bonds is 3. The van der Waals surface area contributed by atoms with Crippen molar-refractivity contribution in [2.75, 3.05) is 37.6 Å². The first kappa shape index (κ1) is 18.7. The number of benzene rings is 1. The van der Waals surface area contributed by atoms with E-state index in [4.69, 9.17) is 11.6 Å². The Bertz CT molecular complexity index is 892. The van der Waals surface area contributed by atoms with E-state index >= 15 is 0 Å². The number of carbonyl (C=O) groups is 3. The van der Waals surface area contributed by atoms with Crippen molar-refractivity contribution in [2.24, 2.45) is 23.7 Å². The zero-order valence-electron chi connectivity index (χ0n) is 16.4. The molecule has 7 heteroatoms. The summed E-state index contributed by atoms with van der Waals surface area (Å²) >= 11 is 6.14. The lowest BCUT2D eigenvalue weighted by molar-refractivity contribution is -0.147. The highest BCUT2D eigenvalue weighted by Gasteiger charge is 2.59. The summed E-state index contributed by atoms with van der Waals surface area (Å²) in [6.07, 6.45) is 5.04. The molecule has 4 atom stereocenters. The van der Waals surface area contributed by atoms with E-state index in [1.54, 1.807) is 4.90 Å². The van der Waals surface area contributed by atoms with Crippen LogP contribution in [0.2, 0.25) is 5.02 Å². The Balaban J connectivity index is 1.21. The summed E-state index contributed by atoms with van der Waals surface area (Å²) in [5.41, 5.74) is 2.24. The van der Waals surface area contributed by atoms with E-state index in [-0.39, 0.29) is 47.9 Å². The molecule has 1 saturated carbocycles. The molecule has 3 amide bonds. The maximum atomic E-state index is 12.8. The van der Waals surface area contributed by atoms with E-state index in [2.05, 4.69) is 17.1 Å². The Kier molecular flexibility index (Phi) is 4.42. The van der Waals surface area contributed by atoms with Crippen molar-refractivity contribution in [3.63, 3.8) is 0 Å². The van der Waals surface area contributed by atoms with Crippen LogP contribution in [0, 0.1) is 30.6 Å². The molecule has 152 valence electrons. The third-order valence-corrected chi connectivity index (χ3v) is 7.23. The van der Waals surface area contributed by atoms with Crippen LogP contribution >= 0.6 is 11.6 Å². The standard InChI is InChI=1S/C22H24ClN3O3/c1-13-2-5-16(23)11-17(13)24-6-8-25(9-7-24)18(27)12-26-21(28)19-14-3-4-15(10-14)20(19)22(26)29/h2-5,11,14-15,19-20H,6-10,12H2,1H3/t14-,15-,19-,20-/m0/s1. The zero-order valence-corrected chi connectivity index (χ0v) is 17.1. The molecule has 2 aliphatic heterocycles. The molecule has 0 N–H and O–H groups in total. The quantitative estimate of drug-likeness (QED) is 0.562.